The highest BCUT2D eigenvalue weighted by molar-refractivity contribution is 5.91. The Balaban J connectivity index is 1.24. The van der Waals surface area contributed by atoms with Gasteiger partial charge in [0.25, 0.3) is 0 Å². The summed E-state index contributed by atoms with van der Waals surface area (Å²) in [6.45, 7) is 3.87. The minimum atomic E-state index is -0.0626. The van der Waals surface area contributed by atoms with Gasteiger partial charge in [-0.2, -0.15) is 0 Å². The standard InChI is InChI=1S/C23H33N3O3/c27-22(9-8-20-6-3-12-24-17-20)25-13-2-1-5-19-10-14-26(15-11-19)23(28)21-7-4-16-29-18-21/h3,6,8-9,12,17,19,21H,1-2,4-5,7,10-11,13-16,18H2,(H,25,27)/b9-8+. The molecule has 2 saturated heterocycles. The molecule has 0 radical (unpaired) electrons. The lowest BCUT2D eigenvalue weighted by molar-refractivity contribution is -0.141. The molecule has 1 unspecified atom stereocenters. The molecule has 6 heteroatoms. The van der Waals surface area contributed by atoms with E-state index in [1.165, 1.54) is 6.42 Å². The van der Waals surface area contributed by atoms with E-state index in [-0.39, 0.29) is 11.8 Å². The van der Waals surface area contributed by atoms with Gasteiger partial charge in [0, 0.05) is 44.7 Å². The third kappa shape index (κ3) is 7.28. The minimum absolute atomic E-state index is 0.0626. The zero-order valence-corrected chi connectivity index (χ0v) is 17.2. The van der Waals surface area contributed by atoms with Gasteiger partial charge in [0.1, 0.15) is 0 Å². The van der Waals surface area contributed by atoms with Crippen LogP contribution in [0.15, 0.2) is 30.6 Å². The van der Waals surface area contributed by atoms with E-state index in [9.17, 15) is 9.59 Å². The Morgan fingerprint density at radius 1 is 1.24 bits per heavy atom. The molecule has 0 spiro atoms. The van der Waals surface area contributed by atoms with Gasteiger partial charge in [0.2, 0.25) is 11.8 Å². The smallest absolute Gasteiger partial charge is 0.243 e. The second-order valence-electron chi connectivity index (χ2n) is 8.09. The summed E-state index contributed by atoms with van der Waals surface area (Å²) in [4.78, 5) is 30.5. The predicted molar refractivity (Wildman–Crippen MR) is 113 cm³/mol. The van der Waals surface area contributed by atoms with E-state index in [4.69, 9.17) is 4.74 Å². The summed E-state index contributed by atoms with van der Waals surface area (Å²) in [6, 6.07) is 3.76. The number of aromatic nitrogens is 1. The molecule has 3 rings (SSSR count). The highest BCUT2D eigenvalue weighted by atomic mass is 16.5. The van der Waals surface area contributed by atoms with Crippen LogP contribution >= 0.6 is 0 Å². The topological polar surface area (TPSA) is 71.5 Å². The number of nitrogens with one attached hydrogen (secondary N) is 1. The van der Waals surface area contributed by atoms with Crippen molar-refractivity contribution in [1.82, 2.24) is 15.2 Å². The van der Waals surface area contributed by atoms with Gasteiger partial charge in [-0.25, -0.2) is 0 Å². The highest BCUT2D eigenvalue weighted by Gasteiger charge is 2.29. The molecule has 0 aromatic carbocycles. The van der Waals surface area contributed by atoms with Gasteiger partial charge in [-0.1, -0.05) is 18.9 Å². The monoisotopic (exact) mass is 399 g/mol. The number of likely N-dealkylation sites (tertiary alicyclic amines) is 1. The Kier molecular flexibility index (Phi) is 8.68. The lowest BCUT2D eigenvalue weighted by Crippen LogP contribution is -2.43. The Labute approximate surface area is 173 Å². The fourth-order valence-electron chi connectivity index (χ4n) is 4.11. The summed E-state index contributed by atoms with van der Waals surface area (Å²) in [5.41, 5.74) is 0.920. The molecule has 0 bridgehead atoms. The van der Waals surface area contributed by atoms with Crippen molar-refractivity contribution in [1.29, 1.82) is 0 Å². The Hall–Kier alpha value is -2.21. The van der Waals surface area contributed by atoms with Crippen molar-refractivity contribution < 1.29 is 14.3 Å². The van der Waals surface area contributed by atoms with Crippen LogP contribution in [0.25, 0.3) is 6.08 Å². The Bertz CT molecular complexity index is 663. The number of hydrogen-bond acceptors (Lipinski definition) is 4. The zero-order valence-electron chi connectivity index (χ0n) is 17.2. The molecule has 0 saturated carbocycles. The van der Waals surface area contributed by atoms with Crippen LogP contribution in [0, 0.1) is 11.8 Å². The number of rotatable bonds is 8. The van der Waals surface area contributed by atoms with Gasteiger partial charge >= 0.3 is 0 Å². The summed E-state index contributed by atoms with van der Waals surface area (Å²) in [5, 5.41) is 2.94. The second-order valence-corrected chi connectivity index (χ2v) is 8.09. The summed E-state index contributed by atoms with van der Waals surface area (Å²) in [7, 11) is 0. The molecule has 2 aliphatic rings. The molecule has 29 heavy (non-hydrogen) atoms. The van der Waals surface area contributed by atoms with Crippen molar-refractivity contribution in [2.75, 3.05) is 32.8 Å². The largest absolute Gasteiger partial charge is 0.381 e. The van der Waals surface area contributed by atoms with E-state index in [1.807, 2.05) is 17.0 Å². The summed E-state index contributed by atoms with van der Waals surface area (Å²) in [5.74, 6) is 1.01. The molecule has 1 atom stereocenters. The van der Waals surface area contributed by atoms with Crippen LogP contribution in [0.1, 0.15) is 50.5 Å². The second kappa shape index (κ2) is 11.7. The molecule has 3 heterocycles. The Morgan fingerprint density at radius 3 is 2.83 bits per heavy atom. The van der Waals surface area contributed by atoms with Gasteiger partial charge < -0.3 is 15.0 Å². The molecule has 0 aliphatic carbocycles. The van der Waals surface area contributed by atoms with Crippen molar-refractivity contribution in [2.24, 2.45) is 11.8 Å². The van der Waals surface area contributed by atoms with E-state index in [0.29, 0.717) is 25.0 Å². The quantitative estimate of drug-likeness (QED) is 0.539. The average Bonchev–Trinajstić information content (AvgIpc) is 2.79. The van der Waals surface area contributed by atoms with Crippen molar-refractivity contribution in [3.05, 3.63) is 36.2 Å². The van der Waals surface area contributed by atoms with Crippen LogP contribution in [0.4, 0.5) is 0 Å². The van der Waals surface area contributed by atoms with Crippen LogP contribution in [-0.2, 0) is 14.3 Å². The molecular weight excluding hydrogens is 366 g/mol. The lowest BCUT2D eigenvalue weighted by atomic mass is 9.90. The zero-order chi connectivity index (χ0) is 20.3. The van der Waals surface area contributed by atoms with E-state index in [1.54, 1.807) is 24.5 Å². The lowest BCUT2D eigenvalue weighted by Gasteiger charge is -2.35. The first-order valence-electron chi connectivity index (χ1n) is 10.9. The third-order valence-electron chi connectivity index (χ3n) is 5.89. The van der Waals surface area contributed by atoms with Crippen molar-refractivity contribution in [3.63, 3.8) is 0 Å². The molecule has 1 N–H and O–H groups in total. The first kappa shape index (κ1) is 21.5. The fourth-order valence-corrected chi connectivity index (χ4v) is 4.11. The maximum absolute atomic E-state index is 12.6. The van der Waals surface area contributed by atoms with Crippen molar-refractivity contribution >= 4 is 17.9 Å². The molecule has 6 nitrogen and oxygen atoms in total. The summed E-state index contributed by atoms with van der Waals surface area (Å²) in [6.07, 6.45) is 14.2. The summed E-state index contributed by atoms with van der Waals surface area (Å²) >= 11 is 0. The van der Waals surface area contributed by atoms with Gasteiger partial charge in [-0.05, 0) is 55.7 Å². The number of amides is 2. The minimum Gasteiger partial charge on any atom is -0.381 e. The number of ether oxygens (including phenoxy) is 1. The number of nitrogens with zero attached hydrogens (tertiary/aromatic N) is 2. The third-order valence-corrected chi connectivity index (χ3v) is 5.89. The Morgan fingerprint density at radius 2 is 2.10 bits per heavy atom. The average molecular weight is 400 g/mol. The fraction of sp³-hybridized carbons (Fsp3) is 0.609. The number of piperidine rings is 1. The van der Waals surface area contributed by atoms with Crippen molar-refractivity contribution in [3.8, 4) is 0 Å². The first-order chi connectivity index (χ1) is 14.2. The molecule has 2 aliphatic heterocycles. The number of carbonyl (C=O) groups excluding carboxylic acids is 2. The van der Waals surface area contributed by atoms with Crippen LogP contribution in [0.5, 0.6) is 0 Å². The molecule has 2 fully saturated rings. The van der Waals surface area contributed by atoms with Crippen molar-refractivity contribution in [2.45, 2.75) is 44.9 Å². The van der Waals surface area contributed by atoms with Crippen LogP contribution in [-0.4, -0.2) is 54.5 Å². The molecule has 1 aromatic heterocycles. The molecule has 158 valence electrons. The van der Waals surface area contributed by atoms with Gasteiger partial charge in [0.05, 0.1) is 12.5 Å². The maximum atomic E-state index is 12.6. The van der Waals surface area contributed by atoms with E-state index < -0.39 is 0 Å². The maximum Gasteiger partial charge on any atom is 0.243 e. The number of hydrogen-bond donors (Lipinski definition) is 1. The van der Waals surface area contributed by atoms with Crippen LogP contribution < -0.4 is 5.32 Å². The van der Waals surface area contributed by atoms with E-state index in [2.05, 4.69) is 10.3 Å². The first-order valence-corrected chi connectivity index (χ1v) is 10.9. The predicted octanol–water partition coefficient (Wildman–Crippen LogP) is 3.05. The highest BCUT2D eigenvalue weighted by Crippen LogP contribution is 2.25. The number of carbonyl (C=O) groups is 2. The SMILES string of the molecule is O=C(/C=C/c1cccnc1)NCCCCC1CCN(C(=O)C2CCCOC2)CC1. The number of pyridine rings is 1. The normalized spacial score (nSPS) is 20.7. The number of unbranched alkanes of at least 4 members (excludes halogenated alkanes) is 1. The van der Waals surface area contributed by atoms with Crippen LogP contribution in [0.2, 0.25) is 0 Å². The van der Waals surface area contributed by atoms with Gasteiger partial charge in [-0.15, -0.1) is 0 Å². The van der Waals surface area contributed by atoms with Crippen LogP contribution in [0.3, 0.4) is 0 Å². The molecular formula is C23H33N3O3. The molecule has 2 amide bonds. The van der Waals surface area contributed by atoms with E-state index >= 15 is 0 Å². The van der Waals surface area contributed by atoms with Gasteiger partial charge in [0.15, 0.2) is 0 Å². The summed E-state index contributed by atoms with van der Waals surface area (Å²) < 4.78 is 5.46. The van der Waals surface area contributed by atoms with E-state index in [0.717, 1.165) is 63.8 Å². The molecule has 1 aromatic rings. The van der Waals surface area contributed by atoms with Gasteiger partial charge in [-0.3, -0.25) is 14.6 Å².